The number of carbonyl (C=O) groups is 4. The molecule has 1 aromatic heterocycles. The van der Waals surface area contributed by atoms with Crippen LogP contribution < -0.4 is 16.5 Å². The summed E-state index contributed by atoms with van der Waals surface area (Å²) in [6.45, 7) is 21.7. The van der Waals surface area contributed by atoms with E-state index in [1.807, 2.05) is 101 Å². The molecule has 17 nitrogen and oxygen atoms in total. The second-order valence-electron chi connectivity index (χ2n) is 17.6. The van der Waals surface area contributed by atoms with E-state index in [4.69, 9.17) is 29.6 Å². The van der Waals surface area contributed by atoms with Gasteiger partial charge in [-0.25, -0.2) is 10.9 Å². The first-order chi connectivity index (χ1) is 33.2. The molecule has 396 valence electrons. The fourth-order valence-corrected chi connectivity index (χ4v) is 9.17. The zero-order chi connectivity index (χ0) is 51.7. The highest BCUT2D eigenvalue weighted by atomic mass is 32.1. The van der Waals surface area contributed by atoms with Crippen LogP contribution in [0.5, 0.6) is 0 Å². The molecule has 1 saturated heterocycles. The first-order valence-corrected chi connectivity index (χ1v) is 26.0. The van der Waals surface area contributed by atoms with Crippen molar-refractivity contribution in [2.75, 3.05) is 94.2 Å². The molecular weight excluding hydrogens is 903 g/mol. The van der Waals surface area contributed by atoms with Crippen LogP contribution in [-0.4, -0.2) is 168 Å². The molecule has 4 amide bonds. The van der Waals surface area contributed by atoms with Crippen LogP contribution in [0, 0.1) is 17.8 Å². The third-order valence-electron chi connectivity index (χ3n) is 12.1. The minimum Gasteiger partial charge on any atom is -0.379 e. The van der Waals surface area contributed by atoms with E-state index in [-0.39, 0.29) is 60.5 Å². The molecule has 8 unspecified atom stereocenters. The summed E-state index contributed by atoms with van der Waals surface area (Å²) in [4.78, 5) is 69.9. The monoisotopic (exact) mass is 994 g/mol. The number of likely N-dealkylation sites (N-methyl/N-ethyl adjacent to an activating group) is 2. The summed E-state index contributed by atoms with van der Waals surface area (Å²) in [5.74, 6) is 3.48. The Kier molecular flexibility index (Phi) is 34.2. The number of nitrogens with one attached hydrogen (secondary N) is 2. The van der Waals surface area contributed by atoms with Crippen molar-refractivity contribution in [2.45, 2.75) is 137 Å². The van der Waals surface area contributed by atoms with Crippen molar-refractivity contribution in [3.05, 3.63) is 52.5 Å². The van der Waals surface area contributed by atoms with Crippen LogP contribution in [-0.2, 0) is 54.1 Å². The van der Waals surface area contributed by atoms with E-state index in [2.05, 4.69) is 34.3 Å². The van der Waals surface area contributed by atoms with E-state index in [9.17, 15) is 19.2 Å². The van der Waals surface area contributed by atoms with E-state index in [0.717, 1.165) is 23.4 Å². The molecule has 1 aromatic carbocycles. The lowest BCUT2D eigenvalue weighted by Gasteiger charge is -2.39. The summed E-state index contributed by atoms with van der Waals surface area (Å²) in [5, 5.41) is 8.82. The van der Waals surface area contributed by atoms with Gasteiger partial charge in [0, 0.05) is 45.9 Å². The number of thiazole rings is 1. The van der Waals surface area contributed by atoms with Crippen LogP contribution in [0.25, 0.3) is 0 Å². The van der Waals surface area contributed by atoms with Gasteiger partial charge in [0.15, 0.2) is 0 Å². The molecule has 0 spiro atoms. The van der Waals surface area contributed by atoms with Crippen molar-refractivity contribution in [1.29, 1.82) is 0 Å². The molecule has 0 radical (unpaired) electrons. The van der Waals surface area contributed by atoms with E-state index < -0.39 is 30.2 Å². The first-order valence-electron chi connectivity index (χ1n) is 25.1. The smallest absolute Gasteiger partial charge is 0.242 e. The van der Waals surface area contributed by atoms with Gasteiger partial charge < -0.3 is 49.0 Å². The van der Waals surface area contributed by atoms with Gasteiger partial charge in [0.25, 0.3) is 0 Å². The van der Waals surface area contributed by atoms with Gasteiger partial charge in [0.2, 0.25) is 23.6 Å². The molecule has 1 aliphatic heterocycles. The Morgan fingerprint density at radius 2 is 1.49 bits per heavy atom. The average molecular weight is 994 g/mol. The normalized spacial score (nSPS) is 16.5. The highest BCUT2D eigenvalue weighted by Crippen LogP contribution is 2.30. The number of hydrogen-bond acceptors (Lipinski definition) is 14. The Bertz CT molecular complexity index is 1650. The van der Waals surface area contributed by atoms with Gasteiger partial charge >= 0.3 is 0 Å². The second-order valence-corrected chi connectivity index (χ2v) is 18.5. The number of nitrogens with zero attached hydrogens (tertiary/aromatic N) is 4. The summed E-state index contributed by atoms with van der Waals surface area (Å²) in [5.41, 5.74) is 1.08. The average Bonchev–Trinajstić information content (AvgIpc) is 4.07. The quantitative estimate of drug-likeness (QED) is 0.0578. The van der Waals surface area contributed by atoms with Crippen molar-refractivity contribution in [1.82, 2.24) is 30.3 Å². The highest BCUT2D eigenvalue weighted by Gasteiger charge is 2.42. The predicted octanol–water partition coefficient (Wildman–Crippen LogP) is 5.92. The minimum atomic E-state index is -0.628. The molecule has 18 heteroatoms. The third kappa shape index (κ3) is 22.6. The molecule has 2 aromatic rings. The standard InChI is InChI=1S/C46H77N7O10S.C3H8.C2H6/c1-10-33(4)42(52(7)40(55)31-49-45(57)41(32(2)3)51(6)20-21-60-22-23-61-24-25-62-26-27-63-47)38(58-8)30-39(54)53-19-14-17-37(53)43(59-9)34(5)44(56)50-36(46-48-18-28-64-46)29-35-15-12-11-13-16-35;1-3-2;1-2/h11-13,15-16,18,28,32-34,36-38,41-43H,10,14,17,19-27,29-31,47H2,1-9H3,(H,49,57)(H,50,56);3H2,1-2H3;1-2H3. The van der Waals surface area contributed by atoms with E-state index in [0.29, 0.717) is 72.2 Å². The van der Waals surface area contributed by atoms with E-state index in [1.165, 1.54) is 17.8 Å². The largest absolute Gasteiger partial charge is 0.379 e. The maximum absolute atomic E-state index is 14.3. The molecule has 4 N–H and O–H groups in total. The zero-order valence-corrected chi connectivity index (χ0v) is 45.2. The van der Waals surface area contributed by atoms with Gasteiger partial charge in [0.1, 0.15) is 5.01 Å². The van der Waals surface area contributed by atoms with Crippen LogP contribution in [0.2, 0.25) is 0 Å². The first kappa shape index (κ1) is 63.4. The Labute approximate surface area is 419 Å². The van der Waals surface area contributed by atoms with Gasteiger partial charge in [-0.05, 0) is 43.7 Å². The van der Waals surface area contributed by atoms with Crippen LogP contribution in [0.4, 0.5) is 0 Å². The Morgan fingerprint density at radius 1 is 0.884 bits per heavy atom. The summed E-state index contributed by atoms with van der Waals surface area (Å²) in [7, 11) is 6.71. The fraction of sp³-hybridized carbons (Fsp3) is 0.745. The molecule has 3 rings (SSSR count). The van der Waals surface area contributed by atoms with Crippen LogP contribution in [0.1, 0.15) is 111 Å². The molecule has 0 aliphatic carbocycles. The lowest BCUT2D eigenvalue weighted by atomic mass is 9.90. The molecule has 1 aliphatic rings. The molecule has 69 heavy (non-hydrogen) atoms. The number of aromatic nitrogens is 1. The number of rotatable bonds is 32. The van der Waals surface area contributed by atoms with E-state index in [1.54, 1.807) is 32.4 Å². The lowest BCUT2D eigenvalue weighted by Crippen LogP contribution is -2.55. The number of methoxy groups -OCH3 is 2. The number of likely N-dealkylation sites (tertiary alicyclic amines) is 1. The number of ether oxygens (including phenoxy) is 5. The van der Waals surface area contributed by atoms with Crippen molar-refractivity contribution < 1.29 is 47.7 Å². The van der Waals surface area contributed by atoms with Crippen LogP contribution in [0.15, 0.2) is 41.9 Å². The van der Waals surface area contributed by atoms with Crippen LogP contribution in [0.3, 0.4) is 0 Å². The SMILES string of the molecule is CC.CCC.CCC(C)C(C(CC(=O)N1CCCC1C(OC)C(C)C(=O)NC(Cc1ccccc1)c1nccs1)OC)N(C)C(=O)CNC(=O)C(C(C)C)N(C)CCOCCOCCOCCON. The van der Waals surface area contributed by atoms with Crippen molar-refractivity contribution in [2.24, 2.45) is 23.7 Å². The number of carbonyl (C=O) groups excluding carboxylic acids is 4. The van der Waals surface area contributed by atoms with Crippen molar-refractivity contribution in [3.63, 3.8) is 0 Å². The Balaban J connectivity index is 0.00000457. The zero-order valence-electron chi connectivity index (χ0n) is 44.4. The topological polar surface area (TPSA) is 196 Å². The molecule has 2 heterocycles. The fourth-order valence-electron chi connectivity index (χ4n) is 8.49. The summed E-state index contributed by atoms with van der Waals surface area (Å²) >= 11 is 1.50. The minimum absolute atomic E-state index is 0.0279. The van der Waals surface area contributed by atoms with Gasteiger partial charge in [-0.15, -0.1) is 11.3 Å². The third-order valence-corrected chi connectivity index (χ3v) is 13.0. The number of nitrogens with two attached hydrogens (primary N) is 1. The highest BCUT2D eigenvalue weighted by molar-refractivity contribution is 7.09. The second kappa shape index (κ2) is 37.2. The Morgan fingerprint density at radius 3 is 2.03 bits per heavy atom. The summed E-state index contributed by atoms with van der Waals surface area (Å²) < 4.78 is 28.6. The maximum Gasteiger partial charge on any atom is 0.242 e. The Hall–Kier alpha value is -3.59. The molecule has 0 bridgehead atoms. The molecule has 1 fully saturated rings. The van der Waals surface area contributed by atoms with Gasteiger partial charge in [0.05, 0.1) is 102 Å². The van der Waals surface area contributed by atoms with Crippen LogP contribution >= 0.6 is 11.3 Å². The summed E-state index contributed by atoms with van der Waals surface area (Å²) in [6, 6.07) is 8.40. The summed E-state index contributed by atoms with van der Waals surface area (Å²) in [6.07, 6.45) is 4.61. The predicted molar refractivity (Wildman–Crippen MR) is 273 cm³/mol. The molecule has 0 saturated carbocycles. The van der Waals surface area contributed by atoms with Gasteiger partial charge in [-0.1, -0.05) is 105 Å². The maximum atomic E-state index is 14.3. The molecular formula is C51H91N7O10S. The van der Waals surface area contributed by atoms with E-state index >= 15 is 0 Å². The number of benzene rings is 1. The van der Waals surface area contributed by atoms with Crippen molar-refractivity contribution >= 4 is 35.0 Å². The van der Waals surface area contributed by atoms with Gasteiger partial charge in [-0.2, -0.15) is 0 Å². The number of hydrogen-bond donors (Lipinski definition) is 3. The van der Waals surface area contributed by atoms with Gasteiger partial charge in [-0.3, -0.25) is 24.1 Å². The molecule has 8 atom stereocenters. The number of amides is 4. The lowest BCUT2D eigenvalue weighted by molar-refractivity contribution is -0.146. The van der Waals surface area contributed by atoms with Crippen molar-refractivity contribution in [3.8, 4) is 0 Å².